The molecule has 1 unspecified atom stereocenters. The van der Waals surface area contributed by atoms with Gasteiger partial charge in [-0.25, -0.2) is 0 Å². The molecular weight excluding hydrogens is 292 g/mol. The monoisotopic (exact) mass is 318 g/mol. The van der Waals surface area contributed by atoms with E-state index >= 15 is 0 Å². The van der Waals surface area contributed by atoms with E-state index in [0.29, 0.717) is 6.54 Å². The maximum Gasteiger partial charge on any atom is 0.317 e. The predicted octanol–water partition coefficient (Wildman–Crippen LogP) is 2.54. The lowest BCUT2D eigenvalue weighted by molar-refractivity contribution is -0.143. The highest BCUT2D eigenvalue weighted by molar-refractivity contribution is 5.84. The Labute approximate surface area is 137 Å². The summed E-state index contributed by atoms with van der Waals surface area (Å²) in [5, 5.41) is 9.23. The summed E-state index contributed by atoms with van der Waals surface area (Å²) in [4.78, 5) is 28.0. The molecule has 1 aromatic rings. The van der Waals surface area contributed by atoms with E-state index in [4.69, 9.17) is 0 Å². The van der Waals surface area contributed by atoms with Crippen LogP contribution in [0.3, 0.4) is 0 Å². The maximum absolute atomic E-state index is 13.1. The van der Waals surface area contributed by atoms with Crippen LogP contribution in [0.4, 0.5) is 0 Å². The summed E-state index contributed by atoms with van der Waals surface area (Å²) in [7, 11) is 0. The molecule has 126 valence electrons. The van der Waals surface area contributed by atoms with E-state index in [2.05, 4.69) is 0 Å². The average Bonchev–Trinajstić information content (AvgIpc) is 2.56. The number of carbonyl (C=O) groups is 2. The quantitative estimate of drug-likeness (QED) is 0.839. The van der Waals surface area contributed by atoms with E-state index < -0.39 is 12.0 Å². The first-order chi connectivity index (χ1) is 11.1. The number of piperidine rings is 1. The van der Waals surface area contributed by atoms with Crippen LogP contribution in [0.5, 0.6) is 0 Å². The third-order valence-electron chi connectivity index (χ3n) is 4.23. The number of hydrogen-bond acceptors (Lipinski definition) is 3. The summed E-state index contributed by atoms with van der Waals surface area (Å²) in [6.07, 6.45) is 4.03. The van der Waals surface area contributed by atoms with Crippen LogP contribution in [-0.4, -0.2) is 53.0 Å². The number of carboxylic acids is 1. The van der Waals surface area contributed by atoms with Gasteiger partial charge in [-0.3, -0.25) is 14.5 Å². The van der Waals surface area contributed by atoms with Gasteiger partial charge >= 0.3 is 5.97 Å². The van der Waals surface area contributed by atoms with Crippen LogP contribution in [0.1, 0.15) is 44.2 Å². The molecule has 1 heterocycles. The number of hydrogen-bond donors (Lipinski definition) is 1. The van der Waals surface area contributed by atoms with Crippen LogP contribution in [0.15, 0.2) is 30.3 Å². The molecule has 1 N–H and O–H groups in total. The number of benzene rings is 1. The average molecular weight is 318 g/mol. The summed E-state index contributed by atoms with van der Waals surface area (Å²) in [5.41, 5.74) is 0.873. The first-order valence-corrected chi connectivity index (χ1v) is 8.43. The van der Waals surface area contributed by atoms with Gasteiger partial charge in [-0.15, -0.1) is 0 Å². The third-order valence-corrected chi connectivity index (χ3v) is 4.23. The number of carbonyl (C=O) groups excluding carboxylic acids is 1. The SMILES string of the molecule is CCCN(CC(=O)O)C(C(=O)N1CCCCC1)c1ccccc1. The van der Waals surface area contributed by atoms with Crippen LogP contribution >= 0.6 is 0 Å². The number of nitrogens with zero attached hydrogens (tertiary/aromatic N) is 2. The van der Waals surface area contributed by atoms with Crippen molar-refractivity contribution in [1.29, 1.82) is 0 Å². The molecule has 1 atom stereocenters. The Hall–Kier alpha value is -1.88. The minimum atomic E-state index is -0.897. The Morgan fingerprint density at radius 3 is 2.39 bits per heavy atom. The van der Waals surface area contributed by atoms with Gasteiger partial charge in [-0.1, -0.05) is 37.3 Å². The highest BCUT2D eigenvalue weighted by Crippen LogP contribution is 2.25. The van der Waals surface area contributed by atoms with Gasteiger partial charge in [-0.2, -0.15) is 0 Å². The van der Waals surface area contributed by atoms with Crippen LogP contribution in [0, 0.1) is 0 Å². The first kappa shape index (κ1) is 17.5. The second-order valence-electron chi connectivity index (χ2n) is 6.06. The van der Waals surface area contributed by atoms with Crippen molar-refractivity contribution in [2.75, 3.05) is 26.2 Å². The van der Waals surface area contributed by atoms with Gasteiger partial charge in [0, 0.05) is 13.1 Å². The van der Waals surface area contributed by atoms with E-state index in [-0.39, 0.29) is 12.5 Å². The molecule has 0 spiro atoms. The largest absolute Gasteiger partial charge is 0.480 e. The fourth-order valence-electron chi connectivity index (χ4n) is 3.19. The Bertz CT molecular complexity index is 512. The lowest BCUT2D eigenvalue weighted by Crippen LogP contribution is -2.46. The molecule has 2 rings (SSSR count). The van der Waals surface area contributed by atoms with Crippen molar-refractivity contribution in [3.05, 3.63) is 35.9 Å². The summed E-state index contributed by atoms with van der Waals surface area (Å²) in [5.74, 6) is -0.864. The number of rotatable bonds is 7. The zero-order valence-electron chi connectivity index (χ0n) is 13.8. The van der Waals surface area contributed by atoms with Gasteiger partial charge in [0.25, 0.3) is 0 Å². The zero-order chi connectivity index (χ0) is 16.7. The van der Waals surface area contributed by atoms with E-state index in [1.807, 2.05) is 42.2 Å². The zero-order valence-corrected chi connectivity index (χ0v) is 13.8. The smallest absolute Gasteiger partial charge is 0.317 e. The van der Waals surface area contributed by atoms with Crippen LogP contribution in [-0.2, 0) is 9.59 Å². The third kappa shape index (κ3) is 4.79. The topological polar surface area (TPSA) is 60.9 Å². The van der Waals surface area contributed by atoms with Crippen molar-refractivity contribution in [3.8, 4) is 0 Å². The van der Waals surface area contributed by atoms with Crippen molar-refractivity contribution in [2.45, 2.75) is 38.6 Å². The molecule has 0 aromatic heterocycles. The van der Waals surface area contributed by atoms with Crippen LogP contribution in [0.2, 0.25) is 0 Å². The van der Waals surface area contributed by atoms with Crippen molar-refractivity contribution in [1.82, 2.24) is 9.80 Å². The molecular formula is C18H26N2O3. The number of carboxylic acid groups (broad SMARTS) is 1. The Morgan fingerprint density at radius 1 is 1.17 bits per heavy atom. The van der Waals surface area contributed by atoms with E-state index in [1.165, 1.54) is 0 Å². The van der Waals surface area contributed by atoms with Crippen LogP contribution < -0.4 is 0 Å². The van der Waals surface area contributed by atoms with E-state index in [1.54, 1.807) is 4.90 Å². The Morgan fingerprint density at radius 2 is 1.83 bits per heavy atom. The minimum Gasteiger partial charge on any atom is -0.480 e. The summed E-state index contributed by atoms with van der Waals surface area (Å²) in [6.45, 7) is 4.02. The molecule has 1 aliphatic heterocycles. The van der Waals surface area contributed by atoms with Crippen molar-refractivity contribution in [2.24, 2.45) is 0 Å². The molecule has 0 saturated carbocycles. The van der Waals surface area contributed by atoms with Crippen molar-refractivity contribution < 1.29 is 14.7 Å². The molecule has 1 saturated heterocycles. The Balaban J connectivity index is 2.29. The van der Waals surface area contributed by atoms with E-state index in [9.17, 15) is 14.7 Å². The molecule has 0 radical (unpaired) electrons. The normalized spacial score (nSPS) is 16.3. The van der Waals surface area contributed by atoms with Gasteiger partial charge in [0.2, 0.25) is 5.91 Å². The molecule has 23 heavy (non-hydrogen) atoms. The summed E-state index contributed by atoms with van der Waals surface area (Å²) >= 11 is 0. The fourth-order valence-corrected chi connectivity index (χ4v) is 3.19. The molecule has 1 aromatic carbocycles. The standard InChI is InChI=1S/C18H26N2O3/c1-2-11-20(14-16(21)22)17(15-9-5-3-6-10-15)18(23)19-12-7-4-8-13-19/h3,5-6,9-10,17H,2,4,7-8,11-14H2,1H3,(H,21,22). The summed E-state index contributed by atoms with van der Waals surface area (Å²) < 4.78 is 0. The fraction of sp³-hybridized carbons (Fsp3) is 0.556. The molecule has 5 nitrogen and oxygen atoms in total. The number of amides is 1. The van der Waals surface area contributed by atoms with E-state index in [0.717, 1.165) is 44.3 Å². The lowest BCUT2D eigenvalue weighted by atomic mass is 10.0. The van der Waals surface area contributed by atoms with Crippen LogP contribution in [0.25, 0.3) is 0 Å². The minimum absolute atomic E-state index is 0.0330. The second kappa shape index (κ2) is 8.67. The first-order valence-electron chi connectivity index (χ1n) is 8.43. The molecule has 5 heteroatoms. The molecule has 1 amide bonds. The highest BCUT2D eigenvalue weighted by Gasteiger charge is 2.32. The maximum atomic E-state index is 13.1. The van der Waals surface area contributed by atoms with Crippen molar-refractivity contribution in [3.63, 3.8) is 0 Å². The number of likely N-dealkylation sites (tertiary alicyclic amines) is 1. The van der Waals surface area contributed by atoms with Gasteiger partial charge in [-0.05, 0) is 37.8 Å². The van der Waals surface area contributed by atoms with Gasteiger partial charge in [0.15, 0.2) is 0 Å². The van der Waals surface area contributed by atoms with Crippen molar-refractivity contribution >= 4 is 11.9 Å². The lowest BCUT2D eigenvalue weighted by Gasteiger charge is -2.35. The van der Waals surface area contributed by atoms with Gasteiger partial charge in [0.1, 0.15) is 6.04 Å². The second-order valence-corrected chi connectivity index (χ2v) is 6.06. The van der Waals surface area contributed by atoms with Gasteiger partial charge < -0.3 is 10.0 Å². The molecule has 0 bridgehead atoms. The highest BCUT2D eigenvalue weighted by atomic mass is 16.4. The number of aliphatic carboxylic acids is 1. The Kier molecular flexibility index (Phi) is 6.59. The molecule has 1 aliphatic rings. The van der Waals surface area contributed by atoms with Gasteiger partial charge in [0.05, 0.1) is 6.54 Å². The predicted molar refractivity (Wildman–Crippen MR) is 89.1 cm³/mol. The molecule has 1 fully saturated rings. The summed E-state index contributed by atoms with van der Waals surface area (Å²) in [6, 6.07) is 9.03. The molecule has 0 aliphatic carbocycles.